The van der Waals surface area contributed by atoms with E-state index in [1.807, 2.05) is 54.6 Å². The molecular formula is C30H38N4O4. The first-order chi connectivity index (χ1) is 18.6. The van der Waals surface area contributed by atoms with Gasteiger partial charge in [-0.05, 0) is 48.2 Å². The van der Waals surface area contributed by atoms with Gasteiger partial charge in [0, 0.05) is 38.5 Å². The molecule has 2 amide bonds. The molecule has 1 atom stereocenters. The quantitative estimate of drug-likeness (QED) is 0.506. The zero-order valence-electron chi connectivity index (χ0n) is 22.3. The number of benzene rings is 2. The minimum absolute atomic E-state index is 0.0225. The van der Waals surface area contributed by atoms with E-state index in [1.54, 1.807) is 17.0 Å². The summed E-state index contributed by atoms with van der Waals surface area (Å²) in [5.41, 5.74) is 2.86. The van der Waals surface area contributed by atoms with Gasteiger partial charge in [-0.2, -0.15) is 5.10 Å². The molecule has 3 aliphatic rings. The van der Waals surface area contributed by atoms with Crippen molar-refractivity contribution in [1.82, 2.24) is 14.8 Å². The number of hydrogen-bond acceptors (Lipinski definition) is 6. The van der Waals surface area contributed by atoms with E-state index in [2.05, 4.69) is 4.90 Å². The summed E-state index contributed by atoms with van der Waals surface area (Å²) < 4.78 is 10.8. The van der Waals surface area contributed by atoms with Crippen molar-refractivity contribution in [2.45, 2.75) is 38.1 Å². The van der Waals surface area contributed by atoms with Crippen LogP contribution in [0.3, 0.4) is 0 Å². The highest BCUT2D eigenvalue weighted by Gasteiger charge is 2.36. The number of hydrogen-bond donors (Lipinski definition) is 0. The van der Waals surface area contributed by atoms with Crippen molar-refractivity contribution in [3.8, 4) is 5.75 Å². The molecule has 2 aliphatic heterocycles. The van der Waals surface area contributed by atoms with Crippen LogP contribution in [0, 0.1) is 5.92 Å². The fourth-order valence-electron chi connectivity index (χ4n) is 5.65. The van der Waals surface area contributed by atoms with Crippen molar-refractivity contribution in [2.24, 2.45) is 11.0 Å². The van der Waals surface area contributed by atoms with Crippen LogP contribution in [-0.2, 0) is 14.3 Å². The van der Waals surface area contributed by atoms with Gasteiger partial charge in [-0.15, -0.1) is 0 Å². The lowest BCUT2D eigenvalue weighted by Gasteiger charge is -2.32. The molecule has 2 fully saturated rings. The maximum atomic E-state index is 13.9. The summed E-state index contributed by atoms with van der Waals surface area (Å²) in [5, 5.41) is 6.44. The molecule has 1 saturated carbocycles. The first-order valence-corrected chi connectivity index (χ1v) is 13.8. The first kappa shape index (κ1) is 26.4. The molecule has 202 valence electrons. The third-order valence-electron chi connectivity index (χ3n) is 7.91. The Morgan fingerprint density at radius 3 is 2.42 bits per heavy atom. The summed E-state index contributed by atoms with van der Waals surface area (Å²) in [5.74, 6) is 0.769. The highest BCUT2D eigenvalue weighted by Crippen LogP contribution is 2.33. The minimum atomic E-state index is -0.205. The van der Waals surface area contributed by atoms with Crippen LogP contribution in [0.1, 0.15) is 49.3 Å². The highest BCUT2D eigenvalue weighted by atomic mass is 16.5. The Bertz CT molecular complexity index is 1110. The van der Waals surface area contributed by atoms with Gasteiger partial charge in [0.25, 0.3) is 5.91 Å². The van der Waals surface area contributed by atoms with Crippen molar-refractivity contribution in [1.29, 1.82) is 0 Å². The number of methoxy groups -OCH3 is 1. The van der Waals surface area contributed by atoms with E-state index in [0.29, 0.717) is 26.2 Å². The average Bonchev–Trinajstić information content (AvgIpc) is 3.67. The minimum Gasteiger partial charge on any atom is -0.497 e. The lowest BCUT2D eigenvalue weighted by Crippen LogP contribution is -2.47. The molecule has 2 aromatic carbocycles. The molecule has 38 heavy (non-hydrogen) atoms. The maximum absolute atomic E-state index is 13.9. The molecule has 8 nitrogen and oxygen atoms in total. The van der Waals surface area contributed by atoms with Crippen LogP contribution in [0.5, 0.6) is 5.75 Å². The molecule has 2 aromatic rings. The van der Waals surface area contributed by atoms with Gasteiger partial charge in [-0.3, -0.25) is 14.5 Å². The summed E-state index contributed by atoms with van der Waals surface area (Å²) in [6, 6.07) is 17.6. The van der Waals surface area contributed by atoms with Crippen LogP contribution < -0.4 is 4.74 Å². The van der Waals surface area contributed by atoms with E-state index in [1.165, 1.54) is 0 Å². The van der Waals surface area contributed by atoms with Crippen LogP contribution in [0.2, 0.25) is 0 Å². The Kier molecular flexibility index (Phi) is 8.71. The van der Waals surface area contributed by atoms with Gasteiger partial charge >= 0.3 is 0 Å². The molecular weight excluding hydrogens is 480 g/mol. The van der Waals surface area contributed by atoms with Crippen molar-refractivity contribution in [3.05, 3.63) is 65.7 Å². The third kappa shape index (κ3) is 6.25. The zero-order valence-corrected chi connectivity index (χ0v) is 22.3. The van der Waals surface area contributed by atoms with Crippen molar-refractivity contribution in [2.75, 3.05) is 53.0 Å². The second-order valence-electron chi connectivity index (χ2n) is 10.3. The average molecular weight is 519 g/mol. The number of hydrazone groups is 1. The molecule has 5 rings (SSSR count). The normalized spacial score (nSPS) is 20.4. The van der Waals surface area contributed by atoms with Crippen molar-refractivity contribution in [3.63, 3.8) is 0 Å². The van der Waals surface area contributed by atoms with Crippen LogP contribution >= 0.6 is 0 Å². The number of carbonyl (C=O) groups excluding carboxylic acids is 2. The number of morpholine rings is 1. The van der Waals surface area contributed by atoms with Gasteiger partial charge in [-0.25, -0.2) is 5.01 Å². The van der Waals surface area contributed by atoms with E-state index in [4.69, 9.17) is 14.6 Å². The number of ether oxygens (including phenoxy) is 2. The van der Waals surface area contributed by atoms with Gasteiger partial charge in [0.15, 0.2) is 0 Å². The van der Waals surface area contributed by atoms with Crippen molar-refractivity contribution < 1.29 is 19.1 Å². The summed E-state index contributed by atoms with van der Waals surface area (Å²) in [4.78, 5) is 31.5. The largest absolute Gasteiger partial charge is 0.497 e. The van der Waals surface area contributed by atoms with E-state index in [0.717, 1.165) is 67.9 Å². The van der Waals surface area contributed by atoms with E-state index in [9.17, 15) is 9.59 Å². The summed E-state index contributed by atoms with van der Waals surface area (Å²) in [6.07, 6.45) is 4.61. The van der Waals surface area contributed by atoms with Gasteiger partial charge in [0.2, 0.25) is 5.91 Å². The Morgan fingerprint density at radius 2 is 1.74 bits per heavy atom. The summed E-state index contributed by atoms with van der Waals surface area (Å²) in [7, 11) is 1.64. The number of carbonyl (C=O) groups is 2. The van der Waals surface area contributed by atoms with Crippen LogP contribution in [0.4, 0.5) is 0 Å². The van der Waals surface area contributed by atoms with Gasteiger partial charge in [-0.1, -0.05) is 43.2 Å². The maximum Gasteiger partial charge on any atom is 0.262 e. The molecule has 2 heterocycles. The number of rotatable bonds is 9. The molecule has 0 spiro atoms. The monoisotopic (exact) mass is 518 g/mol. The molecule has 1 saturated heterocycles. The second-order valence-corrected chi connectivity index (χ2v) is 10.3. The smallest absolute Gasteiger partial charge is 0.262 e. The Labute approximate surface area is 225 Å². The molecule has 0 N–H and O–H groups in total. The lowest BCUT2D eigenvalue weighted by atomic mass is 9.98. The Balaban J connectivity index is 1.36. The van der Waals surface area contributed by atoms with E-state index >= 15 is 0 Å². The molecule has 0 aromatic heterocycles. The zero-order chi connectivity index (χ0) is 26.3. The summed E-state index contributed by atoms with van der Waals surface area (Å²) >= 11 is 0. The van der Waals surface area contributed by atoms with Gasteiger partial charge < -0.3 is 14.4 Å². The Morgan fingerprint density at radius 1 is 1.03 bits per heavy atom. The van der Waals surface area contributed by atoms with Crippen molar-refractivity contribution >= 4 is 17.5 Å². The van der Waals surface area contributed by atoms with E-state index in [-0.39, 0.29) is 30.3 Å². The second kappa shape index (κ2) is 12.5. The summed E-state index contributed by atoms with van der Waals surface area (Å²) in [6.45, 7) is 4.48. The molecule has 1 aliphatic carbocycles. The van der Waals surface area contributed by atoms with E-state index < -0.39 is 0 Å². The highest BCUT2D eigenvalue weighted by molar-refractivity contribution is 6.03. The van der Waals surface area contributed by atoms with Gasteiger partial charge in [0.05, 0.1) is 32.1 Å². The molecule has 8 heteroatoms. The lowest BCUT2D eigenvalue weighted by molar-refractivity contribution is -0.144. The number of nitrogens with zero attached hydrogens (tertiary/aromatic N) is 4. The fraction of sp³-hybridized carbons (Fsp3) is 0.500. The standard InChI is InChI=1S/C30H38N4O4/c1-37-26-13-11-23(12-14-26)27-21-28(24-7-3-2-4-8-24)34(31-27)29(35)22-33(30(36)25-9-5-6-10-25)16-15-32-17-19-38-20-18-32/h2-4,7-8,11-14,25,28H,5-6,9-10,15-22H2,1H3/t28-/m1/s1. The topological polar surface area (TPSA) is 74.7 Å². The Hall–Kier alpha value is -3.23. The molecule has 0 bridgehead atoms. The first-order valence-electron chi connectivity index (χ1n) is 13.8. The molecule has 0 unspecified atom stereocenters. The molecule has 0 radical (unpaired) electrons. The van der Waals surface area contributed by atoms with Gasteiger partial charge in [0.1, 0.15) is 12.3 Å². The predicted octanol–water partition coefficient (Wildman–Crippen LogP) is 3.72. The van der Waals surface area contributed by atoms with Crippen LogP contribution in [0.25, 0.3) is 0 Å². The fourth-order valence-corrected chi connectivity index (χ4v) is 5.65. The van der Waals surface area contributed by atoms with Crippen LogP contribution in [0.15, 0.2) is 59.7 Å². The number of amides is 2. The van der Waals surface area contributed by atoms with Crippen LogP contribution in [-0.4, -0.2) is 85.4 Å². The third-order valence-corrected chi connectivity index (χ3v) is 7.91. The SMILES string of the molecule is COc1ccc(C2=NN(C(=O)CN(CCN3CCOCC3)C(=O)C3CCCC3)[C@@H](c3ccccc3)C2)cc1. The predicted molar refractivity (Wildman–Crippen MR) is 146 cm³/mol.